The zero-order valence-corrected chi connectivity index (χ0v) is 6.17. The monoisotopic (exact) mass is 160 g/mol. The van der Waals surface area contributed by atoms with Gasteiger partial charge in [0.1, 0.15) is 0 Å². The van der Waals surface area contributed by atoms with Crippen molar-refractivity contribution in [1.29, 1.82) is 0 Å². The minimum absolute atomic E-state index is 0.433. The molecule has 0 aromatic carbocycles. The molecule has 0 amide bonds. The lowest BCUT2D eigenvalue weighted by molar-refractivity contribution is 1.38. The summed E-state index contributed by atoms with van der Waals surface area (Å²) in [5, 5.41) is 2.72. The van der Waals surface area contributed by atoms with Crippen LogP contribution in [0, 0.1) is 0 Å². The van der Waals surface area contributed by atoms with E-state index >= 15 is 0 Å². The Balaban J connectivity index is 2.98. The van der Waals surface area contributed by atoms with Gasteiger partial charge in [0.05, 0.1) is 10.7 Å². The molecule has 1 aromatic heterocycles. The van der Waals surface area contributed by atoms with Crippen LogP contribution in [-0.4, -0.2) is 4.98 Å². The lowest BCUT2D eigenvalue weighted by Gasteiger charge is -1.83. The Morgan fingerprint density at radius 2 is 2.56 bits per heavy atom. The zero-order valence-electron chi connectivity index (χ0n) is 4.60. The summed E-state index contributed by atoms with van der Waals surface area (Å²) in [7, 11) is 0. The molecule has 1 heterocycles. The Kier molecular flexibility index (Phi) is 1.73. The highest BCUT2D eigenvalue weighted by atomic mass is 35.5. The van der Waals surface area contributed by atoms with Gasteiger partial charge in [0, 0.05) is 5.38 Å². The summed E-state index contributed by atoms with van der Waals surface area (Å²) in [6.07, 6.45) is 0. The number of hydrogen-bond acceptors (Lipinski definition) is 3. The number of aromatic nitrogens is 1. The molecule has 0 aliphatic carbocycles. The third-order valence-electron chi connectivity index (χ3n) is 0.800. The molecule has 48 valence electrons. The van der Waals surface area contributed by atoms with Gasteiger partial charge in [-0.15, -0.1) is 11.3 Å². The minimum atomic E-state index is 0.433. The van der Waals surface area contributed by atoms with Gasteiger partial charge < -0.3 is 5.73 Å². The molecule has 0 bridgehead atoms. The number of nitrogens with zero attached hydrogens (tertiary/aromatic N) is 1. The van der Waals surface area contributed by atoms with Gasteiger partial charge in [-0.25, -0.2) is 4.98 Å². The van der Waals surface area contributed by atoms with Gasteiger partial charge >= 0.3 is 0 Å². The van der Waals surface area contributed by atoms with E-state index in [4.69, 9.17) is 17.3 Å². The van der Waals surface area contributed by atoms with Crippen LogP contribution < -0.4 is 5.73 Å². The number of halogens is 1. The van der Waals surface area contributed by atoms with Gasteiger partial charge in [0.25, 0.3) is 0 Å². The molecular formula is C5H5ClN2S. The fourth-order valence-electron chi connectivity index (χ4n) is 0.412. The van der Waals surface area contributed by atoms with Crippen molar-refractivity contribution in [2.45, 2.75) is 0 Å². The fourth-order valence-corrected chi connectivity index (χ4v) is 1.15. The average Bonchev–Trinajstić information content (AvgIpc) is 2.14. The molecule has 0 saturated heterocycles. The standard InChI is InChI=1S/C5H5ClN2S/c1-3(6)4-2-9-5(7)8-4/h2H,1H2,(H2,7,8). The van der Waals surface area contributed by atoms with Crippen LogP contribution in [0.4, 0.5) is 5.13 Å². The molecule has 0 aliphatic heterocycles. The SMILES string of the molecule is C=C(Cl)c1csc(N)n1. The lowest BCUT2D eigenvalue weighted by atomic mass is 10.5. The van der Waals surface area contributed by atoms with Gasteiger partial charge in [0.2, 0.25) is 0 Å². The molecule has 0 unspecified atom stereocenters. The van der Waals surface area contributed by atoms with Crippen LogP contribution in [0.1, 0.15) is 5.69 Å². The third kappa shape index (κ3) is 1.43. The van der Waals surface area contributed by atoms with Crippen LogP contribution in [-0.2, 0) is 0 Å². The summed E-state index contributed by atoms with van der Waals surface area (Å²) in [4.78, 5) is 3.88. The smallest absolute Gasteiger partial charge is 0.180 e. The van der Waals surface area contributed by atoms with Crippen molar-refractivity contribution in [3.05, 3.63) is 17.7 Å². The molecule has 0 atom stereocenters. The van der Waals surface area contributed by atoms with Gasteiger partial charge in [-0.2, -0.15) is 0 Å². The largest absolute Gasteiger partial charge is 0.375 e. The lowest BCUT2D eigenvalue weighted by Crippen LogP contribution is -1.81. The summed E-state index contributed by atoms with van der Waals surface area (Å²) < 4.78 is 0. The summed E-state index contributed by atoms with van der Waals surface area (Å²) in [5.41, 5.74) is 5.99. The van der Waals surface area contributed by atoms with Crippen molar-refractivity contribution in [3.8, 4) is 0 Å². The summed E-state index contributed by atoms with van der Waals surface area (Å²) >= 11 is 6.86. The number of nitrogen functional groups attached to an aromatic ring is 1. The minimum Gasteiger partial charge on any atom is -0.375 e. The third-order valence-corrected chi connectivity index (χ3v) is 1.67. The fraction of sp³-hybridized carbons (Fsp3) is 0. The Morgan fingerprint density at radius 3 is 2.78 bits per heavy atom. The van der Waals surface area contributed by atoms with E-state index in [9.17, 15) is 0 Å². The van der Waals surface area contributed by atoms with E-state index in [0.29, 0.717) is 15.9 Å². The first-order chi connectivity index (χ1) is 4.20. The van der Waals surface area contributed by atoms with Crippen molar-refractivity contribution >= 4 is 33.1 Å². The molecule has 0 saturated carbocycles. The van der Waals surface area contributed by atoms with Crippen LogP contribution >= 0.6 is 22.9 Å². The van der Waals surface area contributed by atoms with Crippen molar-refractivity contribution in [1.82, 2.24) is 4.98 Å². The predicted molar refractivity (Wildman–Crippen MR) is 41.4 cm³/mol. The van der Waals surface area contributed by atoms with E-state index in [1.54, 1.807) is 5.38 Å². The highest BCUT2D eigenvalue weighted by molar-refractivity contribution is 7.13. The van der Waals surface area contributed by atoms with Gasteiger partial charge in [-0.1, -0.05) is 18.2 Å². The number of thiazole rings is 1. The molecule has 1 rings (SSSR count). The first kappa shape index (κ1) is 6.58. The van der Waals surface area contributed by atoms with Crippen LogP contribution in [0.25, 0.3) is 5.03 Å². The predicted octanol–water partition coefficient (Wildman–Crippen LogP) is 1.93. The Bertz CT molecular complexity index is 231. The quantitative estimate of drug-likeness (QED) is 0.682. The normalized spacial score (nSPS) is 9.44. The zero-order chi connectivity index (χ0) is 6.85. The second kappa shape index (κ2) is 2.37. The highest BCUT2D eigenvalue weighted by Crippen LogP contribution is 2.19. The van der Waals surface area contributed by atoms with Gasteiger partial charge in [0.15, 0.2) is 5.13 Å². The highest BCUT2D eigenvalue weighted by Gasteiger charge is 1.98. The molecule has 0 aliphatic rings. The Labute approximate surface area is 62.0 Å². The molecular weight excluding hydrogens is 156 g/mol. The summed E-state index contributed by atoms with van der Waals surface area (Å²) in [5.74, 6) is 0. The van der Waals surface area contributed by atoms with E-state index in [1.165, 1.54) is 11.3 Å². The summed E-state index contributed by atoms with van der Waals surface area (Å²) in [6, 6.07) is 0. The van der Waals surface area contributed by atoms with Gasteiger partial charge in [-0.3, -0.25) is 0 Å². The van der Waals surface area contributed by atoms with Crippen molar-refractivity contribution in [3.63, 3.8) is 0 Å². The molecule has 1 aromatic rings. The van der Waals surface area contributed by atoms with Crippen molar-refractivity contribution in [2.75, 3.05) is 5.73 Å². The number of anilines is 1. The van der Waals surface area contributed by atoms with E-state index in [1.807, 2.05) is 0 Å². The maximum Gasteiger partial charge on any atom is 0.180 e. The van der Waals surface area contributed by atoms with Crippen molar-refractivity contribution < 1.29 is 0 Å². The Hall–Kier alpha value is -0.540. The van der Waals surface area contributed by atoms with Crippen molar-refractivity contribution in [2.24, 2.45) is 0 Å². The topological polar surface area (TPSA) is 38.9 Å². The molecule has 2 nitrogen and oxygen atoms in total. The molecule has 0 fully saturated rings. The van der Waals surface area contributed by atoms with Crippen LogP contribution in [0.15, 0.2) is 12.0 Å². The van der Waals surface area contributed by atoms with E-state index in [0.717, 1.165) is 0 Å². The second-order valence-corrected chi connectivity index (χ2v) is 2.82. The Morgan fingerprint density at radius 1 is 1.89 bits per heavy atom. The molecule has 0 radical (unpaired) electrons. The van der Waals surface area contributed by atoms with E-state index in [-0.39, 0.29) is 0 Å². The molecule has 4 heteroatoms. The van der Waals surface area contributed by atoms with Crippen LogP contribution in [0.5, 0.6) is 0 Å². The van der Waals surface area contributed by atoms with Crippen LogP contribution in [0.3, 0.4) is 0 Å². The first-order valence-electron chi connectivity index (χ1n) is 2.26. The number of rotatable bonds is 1. The number of nitrogens with two attached hydrogens (primary N) is 1. The van der Waals surface area contributed by atoms with E-state index < -0.39 is 0 Å². The van der Waals surface area contributed by atoms with Crippen LogP contribution in [0.2, 0.25) is 0 Å². The second-order valence-electron chi connectivity index (χ2n) is 1.48. The van der Waals surface area contributed by atoms with Gasteiger partial charge in [-0.05, 0) is 0 Å². The maximum absolute atomic E-state index is 5.51. The number of hydrogen-bond donors (Lipinski definition) is 1. The van der Waals surface area contributed by atoms with E-state index in [2.05, 4.69) is 11.6 Å². The molecule has 2 N–H and O–H groups in total. The maximum atomic E-state index is 5.51. The average molecular weight is 161 g/mol. The molecule has 0 spiro atoms. The molecule has 9 heavy (non-hydrogen) atoms. The first-order valence-corrected chi connectivity index (χ1v) is 3.51. The summed E-state index contributed by atoms with van der Waals surface area (Å²) in [6.45, 7) is 3.49.